The van der Waals surface area contributed by atoms with E-state index >= 15 is 0 Å². The monoisotopic (exact) mass is 310 g/mol. The second kappa shape index (κ2) is 6.03. The molecule has 3 amide bonds. The summed E-state index contributed by atoms with van der Waals surface area (Å²) in [6.07, 6.45) is 0.130. The molecule has 0 saturated carbocycles. The van der Waals surface area contributed by atoms with Gasteiger partial charge in [-0.1, -0.05) is 37.6 Å². The minimum absolute atomic E-state index is 0.0615. The highest BCUT2D eigenvalue weighted by Gasteiger charge is 2.49. The van der Waals surface area contributed by atoms with E-state index in [-0.39, 0.29) is 12.5 Å². The van der Waals surface area contributed by atoms with Gasteiger partial charge in [0.1, 0.15) is 5.54 Å². The smallest absolute Gasteiger partial charge is 0.325 e. The average molecular weight is 311 g/mol. The van der Waals surface area contributed by atoms with E-state index in [1.54, 1.807) is 24.3 Å². The lowest BCUT2D eigenvalue weighted by Gasteiger charge is -2.24. The summed E-state index contributed by atoms with van der Waals surface area (Å²) in [4.78, 5) is 25.5. The molecular weight excluding hydrogens is 292 g/mol. The largest absolute Gasteiger partial charge is 0.387 e. The number of hydrogen-bond donors (Lipinski definition) is 2. The van der Waals surface area contributed by atoms with Gasteiger partial charge in [0.2, 0.25) is 0 Å². The van der Waals surface area contributed by atoms with Gasteiger partial charge in [0.25, 0.3) is 5.91 Å². The first kappa shape index (κ1) is 15.8. The maximum Gasteiger partial charge on any atom is 0.325 e. The van der Waals surface area contributed by atoms with Crippen molar-refractivity contribution >= 4 is 23.5 Å². The zero-order valence-electron chi connectivity index (χ0n) is 12.1. The highest BCUT2D eigenvalue weighted by molar-refractivity contribution is 6.30. The SMILES string of the molecule is CCC1(CC)NC(=O)N(C[C@H](O)c2ccc(Cl)cc2)C1=O. The van der Waals surface area contributed by atoms with Crippen molar-refractivity contribution < 1.29 is 14.7 Å². The lowest BCUT2D eigenvalue weighted by Crippen LogP contribution is -2.46. The molecule has 1 aliphatic rings. The van der Waals surface area contributed by atoms with Crippen LogP contribution in [0.4, 0.5) is 4.79 Å². The summed E-state index contributed by atoms with van der Waals surface area (Å²) >= 11 is 5.80. The number of aliphatic hydroxyl groups is 1. The van der Waals surface area contributed by atoms with E-state index in [9.17, 15) is 14.7 Å². The molecule has 2 N–H and O–H groups in total. The van der Waals surface area contributed by atoms with E-state index in [2.05, 4.69) is 5.32 Å². The minimum Gasteiger partial charge on any atom is -0.387 e. The molecule has 0 bridgehead atoms. The molecule has 1 heterocycles. The Morgan fingerprint density at radius 2 is 1.81 bits per heavy atom. The van der Waals surface area contributed by atoms with Gasteiger partial charge in [0, 0.05) is 5.02 Å². The summed E-state index contributed by atoms with van der Waals surface area (Å²) in [5, 5.41) is 13.5. The standard InChI is InChI=1S/C15H19ClN2O3/c1-3-15(4-2)13(20)18(14(21)17-15)9-12(19)10-5-7-11(16)8-6-10/h5-8,12,19H,3-4,9H2,1-2H3,(H,17,21)/t12-/m0/s1. The highest BCUT2D eigenvalue weighted by atomic mass is 35.5. The number of imide groups is 1. The van der Waals surface area contributed by atoms with E-state index in [0.29, 0.717) is 23.4 Å². The number of halogens is 1. The average Bonchev–Trinajstić information content (AvgIpc) is 2.72. The van der Waals surface area contributed by atoms with Gasteiger partial charge in [0.15, 0.2) is 0 Å². The minimum atomic E-state index is -0.929. The van der Waals surface area contributed by atoms with Gasteiger partial charge < -0.3 is 10.4 Å². The van der Waals surface area contributed by atoms with Crippen LogP contribution in [0.3, 0.4) is 0 Å². The van der Waals surface area contributed by atoms with Crippen LogP contribution in [0.1, 0.15) is 38.4 Å². The van der Waals surface area contributed by atoms with Crippen molar-refractivity contribution in [3.05, 3.63) is 34.9 Å². The van der Waals surface area contributed by atoms with Gasteiger partial charge in [-0.15, -0.1) is 0 Å². The van der Waals surface area contributed by atoms with Crippen molar-refractivity contribution in [2.45, 2.75) is 38.3 Å². The number of aliphatic hydroxyl groups excluding tert-OH is 1. The van der Waals surface area contributed by atoms with Crippen molar-refractivity contribution in [3.63, 3.8) is 0 Å². The Hall–Kier alpha value is -1.59. The van der Waals surface area contributed by atoms with Gasteiger partial charge >= 0.3 is 6.03 Å². The van der Waals surface area contributed by atoms with Crippen molar-refractivity contribution in [1.82, 2.24) is 10.2 Å². The highest BCUT2D eigenvalue weighted by Crippen LogP contribution is 2.27. The third-order valence-electron chi connectivity index (χ3n) is 4.06. The Kier molecular flexibility index (Phi) is 4.54. The molecule has 21 heavy (non-hydrogen) atoms. The molecule has 1 fully saturated rings. The summed E-state index contributed by atoms with van der Waals surface area (Å²) in [7, 11) is 0. The number of carbonyl (C=O) groups is 2. The van der Waals surface area contributed by atoms with Crippen LogP contribution < -0.4 is 5.32 Å². The van der Waals surface area contributed by atoms with Crippen LogP contribution in [0.2, 0.25) is 5.02 Å². The lowest BCUT2D eigenvalue weighted by molar-refractivity contribution is -0.132. The van der Waals surface area contributed by atoms with E-state index < -0.39 is 17.7 Å². The fourth-order valence-electron chi connectivity index (χ4n) is 2.53. The predicted molar refractivity (Wildman–Crippen MR) is 80.0 cm³/mol. The number of rotatable bonds is 5. The first-order chi connectivity index (χ1) is 9.93. The second-order valence-electron chi connectivity index (χ2n) is 5.20. The molecule has 2 rings (SSSR count). The van der Waals surface area contributed by atoms with E-state index in [0.717, 1.165) is 4.90 Å². The van der Waals surface area contributed by atoms with Gasteiger partial charge in [-0.2, -0.15) is 0 Å². The maximum absolute atomic E-state index is 12.4. The molecule has 0 radical (unpaired) electrons. The molecule has 1 saturated heterocycles. The quantitative estimate of drug-likeness (QED) is 0.821. The topological polar surface area (TPSA) is 69.6 Å². The fraction of sp³-hybridized carbons (Fsp3) is 0.467. The van der Waals surface area contributed by atoms with Crippen LogP contribution in [0.15, 0.2) is 24.3 Å². The van der Waals surface area contributed by atoms with E-state index in [4.69, 9.17) is 11.6 Å². The van der Waals surface area contributed by atoms with Crippen molar-refractivity contribution in [3.8, 4) is 0 Å². The molecular formula is C15H19ClN2O3. The van der Waals surface area contributed by atoms with E-state index in [1.807, 2.05) is 13.8 Å². The molecule has 1 aromatic carbocycles. The summed E-state index contributed by atoms with van der Waals surface area (Å²) in [6.45, 7) is 3.66. The molecule has 0 unspecified atom stereocenters. The molecule has 0 aliphatic carbocycles. The Balaban J connectivity index is 2.14. The third kappa shape index (κ3) is 2.89. The van der Waals surface area contributed by atoms with Gasteiger partial charge in [-0.3, -0.25) is 9.69 Å². The first-order valence-electron chi connectivity index (χ1n) is 7.01. The molecule has 1 aromatic rings. The molecule has 1 aliphatic heterocycles. The van der Waals surface area contributed by atoms with Crippen LogP contribution in [0, 0.1) is 0 Å². The Bertz CT molecular complexity index is 540. The molecule has 1 atom stereocenters. The van der Waals surface area contributed by atoms with Crippen LogP contribution in [-0.4, -0.2) is 34.0 Å². The van der Waals surface area contributed by atoms with Crippen molar-refractivity contribution in [1.29, 1.82) is 0 Å². The lowest BCUT2D eigenvalue weighted by atomic mass is 9.93. The number of nitrogens with zero attached hydrogens (tertiary/aromatic N) is 1. The number of nitrogens with one attached hydrogen (secondary N) is 1. The summed E-state index contributed by atoms with van der Waals surface area (Å²) in [5.74, 6) is -0.273. The van der Waals surface area contributed by atoms with Crippen molar-refractivity contribution in [2.24, 2.45) is 0 Å². The number of amides is 3. The Labute approximate surface area is 128 Å². The van der Waals surface area contributed by atoms with Crippen LogP contribution in [-0.2, 0) is 4.79 Å². The number of benzene rings is 1. The Morgan fingerprint density at radius 1 is 1.24 bits per heavy atom. The van der Waals surface area contributed by atoms with Gasteiger partial charge in [-0.25, -0.2) is 4.79 Å². The van der Waals surface area contributed by atoms with Crippen LogP contribution in [0.5, 0.6) is 0 Å². The number of hydrogen-bond acceptors (Lipinski definition) is 3. The molecule has 6 heteroatoms. The zero-order chi connectivity index (χ0) is 15.6. The number of β-amino-alcohol motifs (C(OH)–C–C–N with tert-alkyl or cyclic N) is 1. The first-order valence-corrected chi connectivity index (χ1v) is 7.39. The van der Waals surface area contributed by atoms with Crippen LogP contribution in [0.25, 0.3) is 0 Å². The summed E-state index contributed by atoms with van der Waals surface area (Å²) in [6, 6.07) is 6.23. The molecule has 0 aromatic heterocycles. The normalized spacial score (nSPS) is 18.8. The zero-order valence-corrected chi connectivity index (χ0v) is 12.9. The molecule has 0 spiro atoms. The number of carbonyl (C=O) groups excluding carboxylic acids is 2. The number of urea groups is 1. The second-order valence-corrected chi connectivity index (χ2v) is 5.64. The predicted octanol–water partition coefficient (Wildman–Crippen LogP) is 2.48. The molecule has 5 nitrogen and oxygen atoms in total. The fourth-order valence-corrected chi connectivity index (χ4v) is 2.66. The van der Waals surface area contributed by atoms with Gasteiger partial charge in [0.05, 0.1) is 12.6 Å². The summed E-state index contributed by atoms with van der Waals surface area (Å²) in [5.41, 5.74) is -0.220. The van der Waals surface area contributed by atoms with E-state index in [1.165, 1.54) is 0 Å². The van der Waals surface area contributed by atoms with Gasteiger partial charge in [-0.05, 0) is 30.5 Å². The van der Waals surface area contributed by atoms with Crippen molar-refractivity contribution in [2.75, 3.05) is 6.54 Å². The Morgan fingerprint density at radius 3 is 2.29 bits per heavy atom. The maximum atomic E-state index is 12.4. The summed E-state index contributed by atoms with van der Waals surface area (Å²) < 4.78 is 0. The third-order valence-corrected chi connectivity index (χ3v) is 4.32. The molecule has 114 valence electrons. The van der Waals surface area contributed by atoms with Crippen LogP contribution >= 0.6 is 11.6 Å².